The number of benzene rings is 1. The van der Waals surface area contributed by atoms with Crippen molar-refractivity contribution in [2.45, 2.75) is 13.5 Å². The van der Waals surface area contributed by atoms with E-state index in [9.17, 15) is 4.79 Å². The lowest BCUT2D eigenvalue weighted by Gasteiger charge is -2.07. The Balaban J connectivity index is 2.51. The molecule has 1 N–H and O–H groups in total. The van der Waals surface area contributed by atoms with Gasteiger partial charge in [0.25, 0.3) is 5.56 Å². The summed E-state index contributed by atoms with van der Waals surface area (Å²) in [6, 6.07) is 9.83. The van der Waals surface area contributed by atoms with Gasteiger partial charge in [0.15, 0.2) is 5.57 Å². The van der Waals surface area contributed by atoms with Crippen LogP contribution in [-0.2, 0) is 6.54 Å². The Kier molecular flexibility index (Phi) is 4.17. The van der Waals surface area contributed by atoms with Crippen LogP contribution in [0.15, 0.2) is 40.6 Å². The first-order valence-electron chi connectivity index (χ1n) is 6.35. The van der Waals surface area contributed by atoms with Crippen LogP contribution in [0.2, 0.25) is 0 Å². The highest BCUT2D eigenvalue weighted by Crippen LogP contribution is 2.17. The van der Waals surface area contributed by atoms with Crippen LogP contribution in [0.1, 0.15) is 6.92 Å². The highest BCUT2D eigenvalue weighted by Gasteiger charge is 2.08. The van der Waals surface area contributed by atoms with Crippen LogP contribution >= 0.6 is 0 Å². The fourth-order valence-corrected chi connectivity index (χ4v) is 1.89. The number of fused-ring (bicyclic) bond motifs is 1. The number of rotatable bonds is 3. The summed E-state index contributed by atoms with van der Waals surface area (Å²) in [5, 5.41) is 29.7. The molecular weight excluding hydrogens is 280 g/mol. The van der Waals surface area contributed by atoms with Crippen molar-refractivity contribution in [3.8, 4) is 18.2 Å². The highest BCUT2D eigenvalue weighted by molar-refractivity contribution is 5.81. The Morgan fingerprint density at radius 3 is 2.59 bits per heavy atom. The molecule has 7 heteroatoms. The largest absolute Gasteiger partial charge is 0.345 e. The standard InChI is InChI=1S/C15H10N6O/c1-2-21-9-19-13-5-11(3-4-12(13)15(21)22)20-14(8-18)10(6-16)7-17/h3-5,9,20H,2H2,1H3. The number of aryl methyl sites for hydroxylation is 1. The number of nitriles is 3. The molecule has 0 spiro atoms. The lowest BCUT2D eigenvalue weighted by Crippen LogP contribution is -2.19. The molecule has 0 aliphatic rings. The molecule has 0 amide bonds. The van der Waals surface area contributed by atoms with E-state index < -0.39 is 0 Å². The quantitative estimate of drug-likeness (QED) is 0.858. The van der Waals surface area contributed by atoms with Crippen molar-refractivity contribution in [2.24, 2.45) is 0 Å². The lowest BCUT2D eigenvalue weighted by molar-refractivity contribution is 0.717. The maximum Gasteiger partial charge on any atom is 0.261 e. The monoisotopic (exact) mass is 290 g/mol. The van der Waals surface area contributed by atoms with Gasteiger partial charge in [-0.25, -0.2) is 4.98 Å². The topological polar surface area (TPSA) is 118 Å². The van der Waals surface area contributed by atoms with Gasteiger partial charge in [-0.05, 0) is 25.1 Å². The number of hydrogen-bond acceptors (Lipinski definition) is 6. The third-order valence-electron chi connectivity index (χ3n) is 3.02. The van der Waals surface area contributed by atoms with Crippen molar-refractivity contribution < 1.29 is 0 Å². The van der Waals surface area contributed by atoms with E-state index >= 15 is 0 Å². The first-order chi connectivity index (χ1) is 10.6. The zero-order valence-corrected chi connectivity index (χ0v) is 11.7. The summed E-state index contributed by atoms with van der Waals surface area (Å²) in [6.07, 6.45) is 1.45. The molecule has 1 aromatic carbocycles. The summed E-state index contributed by atoms with van der Waals surface area (Å²) in [4.78, 5) is 16.3. The molecule has 2 rings (SSSR count). The zero-order valence-electron chi connectivity index (χ0n) is 11.7. The van der Waals surface area contributed by atoms with Crippen LogP contribution in [0.4, 0.5) is 5.69 Å². The van der Waals surface area contributed by atoms with Gasteiger partial charge in [-0.1, -0.05) is 0 Å². The number of anilines is 1. The third-order valence-corrected chi connectivity index (χ3v) is 3.02. The molecule has 1 heterocycles. The van der Waals surface area contributed by atoms with Crippen LogP contribution in [0, 0.1) is 34.0 Å². The predicted octanol–water partition coefficient (Wildman–Crippen LogP) is 1.65. The maximum absolute atomic E-state index is 12.1. The van der Waals surface area contributed by atoms with Gasteiger partial charge < -0.3 is 5.32 Å². The lowest BCUT2D eigenvalue weighted by atomic mass is 10.2. The average molecular weight is 290 g/mol. The molecule has 0 fully saturated rings. The van der Waals surface area contributed by atoms with E-state index in [2.05, 4.69) is 10.3 Å². The number of aromatic nitrogens is 2. The van der Waals surface area contributed by atoms with E-state index in [1.807, 2.05) is 6.92 Å². The summed E-state index contributed by atoms with van der Waals surface area (Å²) < 4.78 is 1.49. The van der Waals surface area contributed by atoms with Crippen LogP contribution in [0.3, 0.4) is 0 Å². The smallest absolute Gasteiger partial charge is 0.261 e. The maximum atomic E-state index is 12.1. The summed E-state index contributed by atoms with van der Waals surface area (Å²) in [6.45, 7) is 2.37. The highest BCUT2D eigenvalue weighted by atomic mass is 16.1. The Hall–Kier alpha value is -3.63. The molecule has 0 aliphatic heterocycles. The van der Waals surface area contributed by atoms with Crippen molar-refractivity contribution >= 4 is 16.6 Å². The summed E-state index contributed by atoms with van der Waals surface area (Å²) in [7, 11) is 0. The van der Waals surface area contributed by atoms with E-state index in [1.54, 1.807) is 36.4 Å². The Labute approximate surface area is 126 Å². The molecule has 2 aromatic rings. The van der Waals surface area contributed by atoms with E-state index in [4.69, 9.17) is 15.8 Å². The number of nitrogens with zero attached hydrogens (tertiary/aromatic N) is 5. The van der Waals surface area contributed by atoms with Crippen LogP contribution in [-0.4, -0.2) is 9.55 Å². The molecule has 22 heavy (non-hydrogen) atoms. The number of hydrogen-bond donors (Lipinski definition) is 1. The summed E-state index contributed by atoms with van der Waals surface area (Å²) in [5.74, 6) is 0. The fraction of sp³-hybridized carbons (Fsp3) is 0.133. The van der Waals surface area contributed by atoms with Gasteiger partial charge in [0.2, 0.25) is 0 Å². The van der Waals surface area contributed by atoms with E-state index in [0.717, 1.165) is 0 Å². The van der Waals surface area contributed by atoms with Crippen molar-refractivity contribution in [3.05, 3.63) is 46.2 Å². The van der Waals surface area contributed by atoms with E-state index in [1.165, 1.54) is 10.9 Å². The minimum Gasteiger partial charge on any atom is -0.345 e. The van der Waals surface area contributed by atoms with Crippen molar-refractivity contribution in [3.63, 3.8) is 0 Å². The molecule has 1 aromatic heterocycles. The molecule has 0 saturated carbocycles. The summed E-state index contributed by atoms with van der Waals surface area (Å²) in [5.41, 5.74) is 0.327. The number of nitrogens with one attached hydrogen (secondary N) is 1. The molecule has 7 nitrogen and oxygen atoms in total. The Bertz CT molecular complexity index is 933. The van der Waals surface area contributed by atoms with Gasteiger partial charge in [0.1, 0.15) is 23.9 Å². The SMILES string of the molecule is CCn1cnc2cc(NC(C#N)=C(C#N)C#N)ccc2c1=O. The van der Waals surface area contributed by atoms with Gasteiger partial charge in [-0.2, -0.15) is 15.8 Å². The third kappa shape index (κ3) is 2.63. The predicted molar refractivity (Wildman–Crippen MR) is 79.2 cm³/mol. The Morgan fingerprint density at radius 2 is 2.00 bits per heavy atom. The minimum atomic E-state index is -0.308. The zero-order chi connectivity index (χ0) is 16.1. The first kappa shape index (κ1) is 14.8. The van der Waals surface area contributed by atoms with Gasteiger partial charge in [0.05, 0.1) is 17.2 Å². The van der Waals surface area contributed by atoms with E-state index in [-0.39, 0.29) is 16.8 Å². The molecule has 0 bridgehead atoms. The van der Waals surface area contributed by atoms with Crippen molar-refractivity contribution in [2.75, 3.05) is 5.32 Å². The second-order valence-electron chi connectivity index (χ2n) is 4.28. The molecule has 0 saturated heterocycles. The van der Waals surface area contributed by atoms with Gasteiger partial charge in [-0.15, -0.1) is 0 Å². The van der Waals surface area contributed by atoms with Gasteiger partial charge >= 0.3 is 0 Å². The minimum absolute atomic E-state index is 0.147. The van der Waals surface area contributed by atoms with Gasteiger partial charge in [-0.3, -0.25) is 9.36 Å². The Morgan fingerprint density at radius 1 is 1.27 bits per heavy atom. The van der Waals surface area contributed by atoms with Gasteiger partial charge in [0, 0.05) is 12.2 Å². The second kappa shape index (κ2) is 6.21. The normalized spacial score (nSPS) is 9.36. The van der Waals surface area contributed by atoms with Crippen LogP contribution < -0.4 is 10.9 Å². The average Bonchev–Trinajstić information content (AvgIpc) is 2.55. The molecular formula is C15H10N6O. The first-order valence-corrected chi connectivity index (χ1v) is 6.35. The summed E-state index contributed by atoms with van der Waals surface area (Å²) >= 11 is 0. The molecule has 106 valence electrons. The van der Waals surface area contributed by atoms with E-state index in [0.29, 0.717) is 23.1 Å². The molecule has 0 radical (unpaired) electrons. The van der Waals surface area contributed by atoms with Crippen LogP contribution in [0.5, 0.6) is 0 Å². The molecule has 0 unspecified atom stereocenters. The van der Waals surface area contributed by atoms with Crippen molar-refractivity contribution in [1.82, 2.24) is 9.55 Å². The van der Waals surface area contributed by atoms with Crippen LogP contribution in [0.25, 0.3) is 10.9 Å². The molecule has 0 aliphatic carbocycles. The van der Waals surface area contributed by atoms with Crippen molar-refractivity contribution in [1.29, 1.82) is 15.8 Å². The second-order valence-corrected chi connectivity index (χ2v) is 4.28. The fourth-order valence-electron chi connectivity index (χ4n) is 1.89. The number of allylic oxidation sites excluding steroid dienone is 2. The molecule has 0 atom stereocenters.